The highest BCUT2D eigenvalue weighted by atomic mass is 19.4. The second kappa shape index (κ2) is 5.82. The number of nitrogens with two attached hydrogens (primary N) is 1. The third kappa shape index (κ3) is 3.62. The normalized spacial score (nSPS) is 24.8. The molecule has 0 amide bonds. The Labute approximate surface area is 111 Å². The Morgan fingerprint density at radius 1 is 1.05 bits per heavy atom. The van der Waals surface area contributed by atoms with E-state index in [0.717, 1.165) is 38.2 Å². The van der Waals surface area contributed by atoms with Gasteiger partial charge in [-0.15, -0.1) is 0 Å². The van der Waals surface area contributed by atoms with E-state index in [4.69, 9.17) is 5.73 Å². The molecule has 2 nitrogen and oxygen atoms in total. The molecule has 2 unspecified atom stereocenters. The summed E-state index contributed by atoms with van der Waals surface area (Å²) in [6.45, 7) is 0. The van der Waals surface area contributed by atoms with Crippen molar-refractivity contribution in [2.45, 2.75) is 50.4 Å². The van der Waals surface area contributed by atoms with Crippen LogP contribution in [0.4, 0.5) is 18.9 Å². The van der Waals surface area contributed by atoms with Gasteiger partial charge in [-0.2, -0.15) is 13.2 Å². The molecule has 1 aromatic carbocycles. The Balaban J connectivity index is 2.18. The lowest BCUT2D eigenvalue weighted by Gasteiger charge is -2.25. The highest BCUT2D eigenvalue weighted by Crippen LogP contribution is 2.35. The minimum absolute atomic E-state index is 0.0778. The van der Waals surface area contributed by atoms with Crippen molar-refractivity contribution in [3.8, 4) is 0 Å². The second-order valence-electron chi connectivity index (χ2n) is 5.10. The van der Waals surface area contributed by atoms with Crippen molar-refractivity contribution in [1.82, 2.24) is 0 Å². The van der Waals surface area contributed by atoms with E-state index in [9.17, 15) is 13.2 Å². The number of halogens is 3. The summed E-state index contributed by atoms with van der Waals surface area (Å²) < 4.78 is 38.7. The molecule has 1 aliphatic rings. The van der Waals surface area contributed by atoms with Crippen molar-refractivity contribution >= 4 is 5.69 Å². The summed E-state index contributed by atoms with van der Waals surface area (Å²) in [6.07, 6.45) is 0.532. The first kappa shape index (κ1) is 14.2. The predicted molar refractivity (Wildman–Crippen MR) is 69.9 cm³/mol. The number of hydrogen-bond donors (Lipinski definition) is 2. The summed E-state index contributed by atoms with van der Waals surface area (Å²) >= 11 is 0. The van der Waals surface area contributed by atoms with Gasteiger partial charge in [0, 0.05) is 17.8 Å². The minimum Gasteiger partial charge on any atom is -0.380 e. The number of nitrogens with one attached hydrogen (secondary N) is 1. The molecular weight excluding hydrogens is 253 g/mol. The van der Waals surface area contributed by atoms with Crippen molar-refractivity contribution in [1.29, 1.82) is 0 Å². The van der Waals surface area contributed by atoms with E-state index in [0.29, 0.717) is 0 Å². The standard InChI is InChI=1S/C14H19F3N2/c15-14(16,17)10-6-4-5-8-12(10)19-13-9-3-1-2-7-11(13)18/h4-6,8,11,13,19H,1-3,7,9,18H2. The van der Waals surface area contributed by atoms with Gasteiger partial charge in [0.2, 0.25) is 0 Å². The molecule has 0 bridgehead atoms. The molecule has 1 aliphatic carbocycles. The SMILES string of the molecule is NC1CCCCCC1Nc1ccccc1C(F)(F)F. The number of hydrogen-bond acceptors (Lipinski definition) is 2. The largest absolute Gasteiger partial charge is 0.418 e. The number of rotatable bonds is 2. The number of para-hydroxylation sites is 1. The highest BCUT2D eigenvalue weighted by molar-refractivity contribution is 5.53. The first-order chi connectivity index (χ1) is 8.98. The first-order valence-corrected chi connectivity index (χ1v) is 6.67. The van der Waals surface area contributed by atoms with Crippen LogP contribution in [0.15, 0.2) is 24.3 Å². The van der Waals surface area contributed by atoms with E-state index in [1.54, 1.807) is 6.07 Å². The lowest BCUT2D eigenvalue weighted by Crippen LogP contribution is -2.39. The van der Waals surface area contributed by atoms with Gasteiger partial charge in [-0.05, 0) is 25.0 Å². The molecule has 1 fully saturated rings. The summed E-state index contributed by atoms with van der Waals surface area (Å²) in [5.41, 5.74) is 5.56. The molecule has 0 spiro atoms. The van der Waals surface area contributed by atoms with Crippen LogP contribution in [0.2, 0.25) is 0 Å². The van der Waals surface area contributed by atoms with Crippen molar-refractivity contribution in [2.75, 3.05) is 5.32 Å². The fraction of sp³-hybridized carbons (Fsp3) is 0.571. The molecule has 3 N–H and O–H groups in total. The summed E-state index contributed by atoms with van der Waals surface area (Å²) in [5, 5.41) is 3.00. The second-order valence-corrected chi connectivity index (χ2v) is 5.10. The molecule has 2 atom stereocenters. The molecule has 19 heavy (non-hydrogen) atoms. The Bertz CT molecular complexity index is 417. The van der Waals surface area contributed by atoms with E-state index >= 15 is 0 Å². The molecule has 106 valence electrons. The van der Waals surface area contributed by atoms with Crippen LogP contribution in [0.1, 0.15) is 37.7 Å². The molecule has 0 saturated heterocycles. The zero-order valence-electron chi connectivity index (χ0n) is 10.7. The summed E-state index contributed by atoms with van der Waals surface area (Å²) in [7, 11) is 0. The summed E-state index contributed by atoms with van der Waals surface area (Å²) in [5.74, 6) is 0. The van der Waals surface area contributed by atoms with Crippen LogP contribution in [0.25, 0.3) is 0 Å². The van der Waals surface area contributed by atoms with Crippen molar-refractivity contribution in [2.24, 2.45) is 5.73 Å². The van der Waals surface area contributed by atoms with E-state index < -0.39 is 11.7 Å². The lowest BCUT2D eigenvalue weighted by atomic mass is 10.0. The quantitative estimate of drug-likeness (QED) is 0.804. The highest BCUT2D eigenvalue weighted by Gasteiger charge is 2.34. The Kier molecular flexibility index (Phi) is 4.34. The molecule has 0 aliphatic heterocycles. The van der Waals surface area contributed by atoms with Crippen molar-refractivity contribution in [3.63, 3.8) is 0 Å². The van der Waals surface area contributed by atoms with Crippen LogP contribution in [0.3, 0.4) is 0 Å². The molecule has 2 rings (SSSR count). The molecule has 5 heteroatoms. The minimum atomic E-state index is -4.33. The zero-order chi connectivity index (χ0) is 13.9. The summed E-state index contributed by atoms with van der Waals surface area (Å²) in [6, 6.07) is 5.43. The average molecular weight is 272 g/mol. The van der Waals surface area contributed by atoms with Gasteiger partial charge in [0.25, 0.3) is 0 Å². The maximum Gasteiger partial charge on any atom is 0.418 e. The van der Waals surface area contributed by atoms with Gasteiger partial charge in [-0.1, -0.05) is 31.4 Å². The van der Waals surface area contributed by atoms with Gasteiger partial charge in [-0.25, -0.2) is 0 Å². The maximum absolute atomic E-state index is 12.9. The van der Waals surface area contributed by atoms with E-state index in [1.807, 2.05) is 0 Å². The van der Waals surface area contributed by atoms with Gasteiger partial charge in [0.15, 0.2) is 0 Å². The van der Waals surface area contributed by atoms with Gasteiger partial charge in [0.1, 0.15) is 0 Å². The third-order valence-electron chi connectivity index (χ3n) is 3.64. The van der Waals surface area contributed by atoms with Crippen molar-refractivity contribution in [3.05, 3.63) is 29.8 Å². The fourth-order valence-electron chi connectivity index (χ4n) is 2.57. The Morgan fingerprint density at radius 3 is 2.47 bits per heavy atom. The molecule has 0 heterocycles. The monoisotopic (exact) mass is 272 g/mol. The smallest absolute Gasteiger partial charge is 0.380 e. The molecular formula is C14H19F3N2. The Morgan fingerprint density at radius 2 is 1.74 bits per heavy atom. The fourth-order valence-corrected chi connectivity index (χ4v) is 2.57. The van der Waals surface area contributed by atoms with Crippen LogP contribution in [-0.4, -0.2) is 12.1 Å². The van der Waals surface area contributed by atoms with Crippen LogP contribution < -0.4 is 11.1 Å². The van der Waals surface area contributed by atoms with Crippen LogP contribution >= 0.6 is 0 Å². The molecule has 0 radical (unpaired) electrons. The third-order valence-corrected chi connectivity index (χ3v) is 3.64. The van der Waals surface area contributed by atoms with Crippen LogP contribution in [-0.2, 0) is 6.18 Å². The van der Waals surface area contributed by atoms with E-state index in [-0.39, 0.29) is 17.8 Å². The van der Waals surface area contributed by atoms with E-state index in [1.165, 1.54) is 12.1 Å². The lowest BCUT2D eigenvalue weighted by molar-refractivity contribution is -0.137. The molecule has 0 aromatic heterocycles. The van der Waals surface area contributed by atoms with Crippen molar-refractivity contribution < 1.29 is 13.2 Å². The summed E-state index contributed by atoms with van der Waals surface area (Å²) in [4.78, 5) is 0. The van der Waals surface area contributed by atoms with Gasteiger partial charge >= 0.3 is 6.18 Å². The average Bonchev–Trinajstić information content (AvgIpc) is 2.54. The number of anilines is 1. The number of benzene rings is 1. The Hall–Kier alpha value is -1.23. The van der Waals surface area contributed by atoms with Crippen LogP contribution in [0.5, 0.6) is 0 Å². The van der Waals surface area contributed by atoms with Gasteiger partial charge in [-0.3, -0.25) is 0 Å². The molecule has 1 aromatic rings. The molecule has 1 saturated carbocycles. The van der Waals surface area contributed by atoms with Gasteiger partial charge < -0.3 is 11.1 Å². The van der Waals surface area contributed by atoms with Crippen LogP contribution in [0, 0.1) is 0 Å². The zero-order valence-corrected chi connectivity index (χ0v) is 10.7. The topological polar surface area (TPSA) is 38.0 Å². The van der Waals surface area contributed by atoms with Gasteiger partial charge in [0.05, 0.1) is 5.56 Å². The predicted octanol–water partition coefficient (Wildman–Crippen LogP) is 3.78. The van der Waals surface area contributed by atoms with E-state index in [2.05, 4.69) is 5.32 Å². The maximum atomic E-state index is 12.9. The first-order valence-electron chi connectivity index (χ1n) is 6.67. The number of alkyl halides is 3.